The number of amides is 1. The first-order chi connectivity index (χ1) is 13.4. The van der Waals surface area contributed by atoms with Gasteiger partial charge in [0, 0.05) is 12.8 Å². The molecular weight excluding hydrogens is 355 g/mol. The van der Waals surface area contributed by atoms with E-state index in [9.17, 15) is 9.18 Å². The molecule has 5 heteroatoms. The largest absolute Gasteiger partial charge is 0.441 e. The van der Waals surface area contributed by atoms with Gasteiger partial charge in [0.25, 0.3) is 0 Å². The molecule has 1 aromatic heterocycles. The standard InChI is InChI=1S/C23H25FN2O2/c1-15(2)17-8-10-18(11-9-17)16(3)26-22(27)12-13-23-25-14-21(28-23)19-6-4-5-7-20(19)24/h4-11,14-16H,12-13H2,1-3H3,(H,26,27)/t16-/m1/s1. The Morgan fingerprint density at radius 1 is 1.07 bits per heavy atom. The predicted molar refractivity (Wildman–Crippen MR) is 107 cm³/mol. The maximum Gasteiger partial charge on any atom is 0.220 e. The molecule has 0 radical (unpaired) electrons. The third kappa shape index (κ3) is 4.85. The lowest BCUT2D eigenvalue weighted by Gasteiger charge is -2.15. The highest BCUT2D eigenvalue weighted by molar-refractivity contribution is 5.76. The number of rotatable bonds is 7. The molecule has 2 aromatic carbocycles. The van der Waals surface area contributed by atoms with E-state index < -0.39 is 0 Å². The second-order valence-electron chi connectivity index (χ2n) is 7.21. The van der Waals surface area contributed by atoms with Gasteiger partial charge in [-0.2, -0.15) is 0 Å². The van der Waals surface area contributed by atoms with Crippen LogP contribution in [0.1, 0.15) is 56.2 Å². The minimum Gasteiger partial charge on any atom is -0.441 e. The Kier molecular flexibility index (Phi) is 6.24. The summed E-state index contributed by atoms with van der Waals surface area (Å²) >= 11 is 0. The van der Waals surface area contributed by atoms with Crippen molar-refractivity contribution in [3.05, 3.63) is 77.6 Å². The summed E-state index contributed by atoms with van der Waals surface area (Å²) in [5.74, 6) is 0.829. The minimum atomic E-state index is -0.361. The molecule has 28 heavy (non-hydrogen) atoms. The summed E-state index contributed by atoms with van der Waals surface area (Å²) < 4.78 is 19.4. The van der Waals surface area contributed by atoms with Gasteiger partial charge >= 0.3 is 0 Å². The summed E-state index contributed by atoms with van der Waals surface area (Å²) in [5, 5.41) is 2.99. The van der Waals surface area contributed by atoms with Gasteiger partial charge in [-0.05, 0) is 36.1 Å². The number of aromatic nitrogens is 1. The molecule has 0 unspecified atom stereocenters. The Morgan fingerprint density at radius 3 is 2.43 bits per heavy atom. The van der Waals surface area contributed by atoms with Gasteiger partial charge in [-0.25, -0.2) is 9.37 Å². The van der Waals surface area contributed by atoms with Crippen molar-refractivity contribution < 1.29 is 13.6 Å². The Balaban J connectivity index is 1.54. The van der Waals surface area contributed by atoms with E-state index in [1.54, 1.807) is 18.2 Å². The van der Waals surface area contributed by atoms with Crippen LogP contribution >= 0.6 is 0 Å². The van der Waals surface area contributed by atoms with Gasteiger partial charge in [0.05, 0.1) is 17.8 Å². The first kappa shape index (κ1) is 19.8. The molecule has 0 saturated heterocycles. The smallest absolute Gasteiger partial charge is 0.220 e. The van der Waals surface area contributed by atoms with Gasteiger partial charge < -0.3 is 9.73 Å². The van der Waals surface area contributed by atoms with Gasteiger partial charge in [-0.1, -0.05) is 50.2 Å². The molecule has 1 heterocycles. The number of nitrogens with one attached hydrogen (secondary N) is 1. The Morgan fingerprint density at radius 2 is 1.75 bits per heavy atom. The van der Waals surface area contributed by atoms with E-state index in [0.29, 0.717) is 29.6 Å². The van der Waals surface area contributed by atoms with Crippen molar-refractivity contribution in [2.24, 2.45) is 0 Å². The molecule has 146 valence electrons. The predicted octanol–water partition coefficient (Wildman–Crippen LogP) is 5.41. The summed E-state index contributed by atoms with van der Waals surface area (Å²) in [7, 11) is 0. The monoisotopic (exact) mass is 380 g/mol. The Labute approximate surface area is 164 Å². The zero-order chi connectivity index (χ0) is 20.1. The fourth-order valence-corrected chi connectivity index (χ4v) is 3.00. The molecule has 0 saturated carbocycles. The van der Waals surface area contributed by atoms with E-state index in [1.165, 1.54) is 17.8 Å². The zero-order valence-electron chi connectivity index (χ0n) is 16.4. The van der Waals surface area contributed by atoms with Crippen LogP contribution in [-0.4, -0.2) is 10.9 Å². The summed E-state index contributed by atoms with van der Waals surface area (Å²) in [6.45, 7) is 6.27. The van der Waals surface area contributed by atoms with E-state index in [0.717, 1.165) is 5.56 Å². The second-order valence-corrected chi connectivity index (χ2v) is 7.21. The maximum atomic E-state index is 13.8. The quantitative estimate of drug-likeness (QED) is 0.596. The lowest BCUT2D eigenvalue weighted by atomic mass is 9.99. The van der Waals surface area contributed by atoms with Crippen LogP contribution in [0.3, 0.4) is 0 Å². The number of nitrogens with zero attached hydrogens (tertiary/aromatic N) is 1. The van der Waals surface area contributed by atoms with Gasteiger partial charge in [0.2, 0.25) is 5.91 Å². The third-order valence-electron chi connectivity index (χ3n) is 4.74. The topological polar surface area (TPSA) is 55.1 Å². The van der Waals surface area contributed by atoms with Crippen LogP contribution in [0.25, 0.3) is 11.3 Å². The normalized spacial score (nSPS) is 12.2. The van der Waals surface area contributed by atoms with Crippen LogP contribution in [0, 0.1) is 5.82 Å². The van der Waals surface area contributed by atoms with Gasteiger partial charge in [0.1, 0.15) is 5.82 Å². The fraction of sp³-hybridized carbons (Fsp3) is 0.304. The summed E-state index contributed by atoms with van der Waals surface area (Å²) in [6, 6.07) is 14.6. The van der Waals surface area contributed by atoms with Crippen molar-refractivity contribution >= 4 is 5.91 Å². The first-order valence-electron chi connectivity index (χ1n) is 9.53. The molecule has 1 N–H and O–H groups in total. The summed E-state index contributed by atoms with van der Waals surface area (Å²) in [5.41, 5.74) is 2.71. The lowest BCUT2D eigenvalue weighted by molar-refractivity contribution is -0.121. The maximum absolute atomic E-state index is 13.8. The van der Waals surface area contributed by atoms with Crippen LogP contribution in [-0.2, 0) is 11.2 Å². The van der Waals surface area contributed by atoms with Crippen molar-refractivity contribution in [3.63, 3.8) is 0 Å². The van der Waals surface area contributed by atoms with Crippen molar-refractivity contribution in [3.8, 4) is 11.3 Å². The van der Waals surface area contributed by atoms with Crippen molar-refractivity contribution in [1.29, 1.82) is 0 Å². The van der Waals surface area contributed by atoms with E-state index in [4.69, 9.17) is 4.42 Å². The van der Waals surface area contributed by atoms with Crippen molar-refractivity contribution in [2.45, 2.75) is 45.6 Å². The van der Waals surface area contributed by atoms with Crippen LogP contribution in [0.2, 0.25) is 0 Å². The number of halogens is 1. The average molecular weight is 380 g/mol. The minimum absolute atomic E-state index is 0.0766. The fourth-order valence-electron chi connectivity index (χ4n) is 3.00. The highest BCUT2D eigenvalue weighted by Gasteiger charge is 2.14. The Hall–Kier alpha value is -2.95. The third-order valence-corrected chi connectivity index (χ3v) is 4.74. The van der Waals surface area contributed by atoms with Crippen LogP contribution < -0.4 is 5.32 Å². The van der Waals surface area contributed by atoms with Crippen LogP contribution in [0.15, 0.2) is 59.1 Å². The van der Waals surface area contributed by atoms with Crippen LogP contribution in [0.5, 0.6) is 0 Å². The molecule has 3 aromatic rings. The number of hydrogen-bond donors (Lipinski definition) is 1. The second kappa shape index (κ2) is 8.83. The number of oxazole rings is 1. The Bertz CT molecular complexity index is 932. The van der Waals surface area contributed by atoms with Crippen molar-refractivity contribution in [2.75, 3.05) is 0 Å². The molecule has 1 amide bonds. The average Bonchev–Trinajstić information content (AvgIpc) is 3.15. The van der Waals surface area contributed by atoms with Crippen molar-refractivity contribution in [1.82, 2.24) is 10.3 Å². The molecule has 0 aliphatic heterocycles. The van der Waals surface area contributed by atoms with E-state index in [1.807, 2.05) is 6.92 Å². The first-order valence-corrected chi connectivity index (χ1v) is 9.53. The van der Waals surface area contributed by atoms with E-state index in [2.05, 4.69) is 48.4 Å². The zero-order valence-corrected chi connectivity index (χ0v) is 16.4. The van der Waals surface area contributed by atoms with Crippen LogP contribution in [0.4, 0.5) is 4.39 Å². The number of benzene rings is 2. The number of hydrogen-bond acceptors (Lipinski definition) is 3. The molecular formula is C23H25FN2O2. The van der Waals surface area contributed by atoms with Gasteiger partial charge in [-0.15, -0.1) is 0 Å². The molecule has 3 rings (SSSR count). The number of aryl methyl sites for hydroxylation is 1. The molecule has 0 spiro atoms. The summed E-state index contributed by atoms with van der Waals surface area (Å²) in [6.07, 6.45) is 2.11. The number of carbonyl (C=O) groups is 1. The molecule has 0 aliphatic rings. The highest BCUT2D eigenvalue weighted by atomic mass is 19.1. The van der Waals surface area contributed by atoms with Gasteiger partial charge in [0.15, 0.2) is 11.7 Å². The van der Waals surface area contributed by atoms with E-state index >= 15 is 0 Å². The highest BCUT2D eigenvalue weighted by Crippen LogP contribution is 2.24. The van der Waals surface area contributed by atoms with E-state index in [-0.39, 0.29) is 24.2 Å². The molecule has 0 aliphatic carbocycles. The molecule has 1 atom stereocenters. The molecule has 0 bridgehead atoms. The molecule has 0 fully saturated rings. The SMILES string of the molecule is CC(C)c1ccc([C@@H](C)NC(=O)CCc2ncc(-c3ccccc3F)o2)cc1. The summed E-state index contributed by atoms with van der Waals surface area (Å²) in [4.78, 5) is 16.4. The number of carbonyl (C=O) groups excluding carboxylic acids is 1. The lowest BCUT2D eigenvalue weighted by Crippen LogP contribution is -2.26. The van der Waals surface area contributed by atoms with Gasteiger partial charge in [-0.3, -0.25) is 4.79 Å². The molecule has 4 nitrogen and oxygen atoms in total.